The predicted octanol–water partition coefficient (Wildman–Crippen LogP) is -1.15. The van der Waals surface area contributed by atoms with Crippen molar-refractivity contribution in [1.29, 1.82) is 0 Å². The van der Waals surface area contributed by atoms with E-state index >= 15 is 0 Å². The molecule has 0 radical (unpaired) electrons. The van der Waals surface area contributed by atoms with Gasteiger partial charge >= 0.3 is 18.9 Å². The molecule has 1 aromatic rings. The van der Waals surface area contributed by atoms with Gasteiger partial charge in [0.05, 0.1) is 0 Å². The van der Waals surface area contributed by atoms with E-state index in [-0.39, 0.29) is 18.9 Å². The molecule has 1 rings (SSSR count). The number of hydrogen-bond acceptors (Lipinski definition) is 1. The van der Waals surface area contributed by atoms with E-state index in [1.54, 1.807) is 12.1 Å². The van der Waals surface area contributed by atoms with Crippen molar-refractivity contribution in [3.05, 3.63) is 35.6 Å². The molecule has 0 saturated carbocycles. The number of nitrogens with zero attached hydrogens (tertiary/aromatic N) is 1. The third-order valence-electron chi connectivity index (χ3n) is 0.958. The maximum atomic E-state index is 9.81. The summed E-state index contributed by atoms with van der Waals surface area (Å²) >= 11 is 0. The third-order valence-corrected chi connectivity index (χ3v) is 0.958. The van der Waals surface area contributed by atoms with E-state index < -0.39 is 0 Å². The van der Waals surface area contributed by atoms with Gasteiger partial charge in [0.2, 0.25) is 0 Å². The SMILES string of the molecule is O=C[N-]c1ccccc1.[Li+]. The molecule has 0 spiro atoms. The van der Waals surface area contributed by atoms with Crippen LogP contribution in [0, 0.1) is 0 Å². The number of carbonyl (C=O) groups is 1. The summed E-state index contributed by atoms with van der Waals surface area (Å²) in [6.07, 6.45) is 0.537. The summed E-state index contributed by atoms with van der Waals surface area (Å²) in [5.41, 5.74) is 0.701. The van der Waals surface area contributed by atoms with Crippen molar-refractivity contribution in [2.24, 2.45) is 0 Å². The van der Waals surface area contributed by atoms with Crippen molar-refractivity contribution < 1.29 is 23.7 Å². The van der Waals surface area contributed by atoms with Gasteiger partial charge in [-0.25, -0.2) is 0 Å². The van der Waals surface area contributed by atoms with Crippen LogP contribution in [0.2, 0.25) is 0 Å². The quantitative estimate of drug-likeness (QED) is 0.364. The average molecular weight is 127 g/mol. The average Bonchev–Trinajstić information content (AvgIpc) is 1.91. The minimum absolute atomic E-state index is 0. The monoisotopic (exact) mass is 127 g/mol. The smallest absolute Gasteiger partial charge is 0.630 e. The molecule has 0 N–H and O–H groups in total. The Morgan fingerprint density at radius 2 is 1.80 bits per heavy atom. The van der Waals surface area contributed by atoms with Gasteiger partial charge in [-0.3, -0.25) is 0 Å². The Morgan fingerprint density at radius 3 is 2.30 bits per heavy atom. The molecule has 10 heavy (non-hydrogen) atoms. The van der Waals surface area contributed by atoms with Crippen LogP contribution in [0.15, 0.2) is 30.3 Å². The van der Waals surface area contributed by atoms with Gasteiger partial charge in [-0.2, -0.15) is 0 Å². The zero-order chi connectivity index (χ0) is 6.53. The first kappa shape index (κ1) is 9.29. The zero-order valence-electron chi connectivity index (χ0n) is 5.82. The number of hydrogen-bond donors (Lipinski definition) is 0. The van der Waals surface area contributed by atoms with Gasteiger partial charge in [0.1, 0.15) is 0 Å². The normalized spacial score (nSPS) is 7.60. The van der Waals surface area contributed by atoms with E-state index in [4.69, 9.17) is 0 Å². The van der Waals surface area contributed by atoms with Crippen molar-refractivity contribution in [3.63, 3.8) is 0 Å². The molecule has 3 heteroatoms. The van der Waals surface area contributed by atoms with Gasteiger partial charge in [-0.1, -0.05) is 30.3 Å². The summed E-state index contributed by atoms with van der Waals surface area (Å²) in [6, 6.07) is 9.09. The summed E-state index contributed by atoms with van der Waals surface area (Å²) in [6.45, 7) is 0. The molecule has 0 unspecified atom stereocenters. The van der Waals surface area contributed by atoms with Crippen LogP contribution < -0.4 is 18.9 Å². The van der Waals surface area contributed by atoms with Crippen LogP contribution in [-0.4, -0.2) is 6.41 Å². The molecule has 2 nitrogen and oxygen atoms in total. The fraction of sp³-hybridized carbons (Fsp3) is 0. The Morgan fingerprint density at radius 1 is 1.20 bits per heavy atom. The second-order valence-electron chi connectivity index (χ2n) is 1.57. The molecular weight excluding hydrogens is 121 g/mol. The van der Waals surface area contributed by atoms with E-state index in [1.807, 2.05) is 18.2 Å². The molecule has 0 aliphatic carbocycles. The third kappa shape index (κ3) is 2.72. The minimum Gasteiger partial charge on any atom is -0.630 e. The van der Waals surface area contributed by atoms with Crippen molar-refractivity contribution in [3.8, 4) is 0 Å². The van der Waals surface area contributed by atoms with Crippen molar-refractivity contribution in [2.75, 3.05) is 0 Å². The van der Waals surface area contributed by atoms with E-state index in [9.17, 15) is 4.79 Å². The molecule has 0 aromatic heterocycles. The van der Waals surface area contributed by atoms with Crippen LogP contribution in [-0.2, 0) is 4.79 Å². The molecule has 0 aliphatic rings. The van der Waals surface area contributed by atoms with Gasteiger partial charge in [0, 0.05) is 6.41 Å². The largest absolute Gasteiger partial charge is 1.00 e. The summed E-state index contributed by atoms with van der Waals surface area (Å²) in [7, 11) is 0. The predicted molar refractivity (Wildman–Crippen MR) is 35.5 cm³/mol. The minimum atomic E-state index is 0. The molecule has 0 atom stereocenters. The van der Waals surface area contributed by atoms with Crippen LogP contribution in [0.1, 0.15) is 0 Å². The molecule has 0 heterocycles. The standard InChI is InChI=1S/C7H7NO.Li/c9-6-8-7-4-2-1-3-5-7;/h1-6H,(H,8,9);/q;+1/p-1. The topological polar surface area (TPSA) is 31.2 Å². The first-order valence-corrected chi connectivity index (χ1v) is 2.63. The summed E-state index contributed by atoms with van der Waals surface area (Å²) in [5, 5.41) is 3.53. The Bertz CT molecular complexity index is 188. The fourth-order valence-corrected chi connectivity index (χ4v) is 0.575. The van der Waals surface area contributed by atoms with Crippen LogP contribution in [0.25, 0.3) is 5.32 Å². The summed E-state index contributed by atoms with van der Waals surface area (Å²) in [4.78, 5) is 9.81. The first-order valence-electron chi connectivity index (χ1n) is 2.63. The summed E-state index contributed by atoms with van der Waals surface area (Å²) < 4.78 is 0. The summed E-state index contributed by atoms with van der Waals surface area (Å²) in [5.74, 6) is 0. The van der Waals surface area contributed by atoms with Crippen molar-refractivity contribution in [1.82, 2.24) is 0 Å². The molecule has 0 aliphatic heterocycles. The fourth-order valence-electron chi connectivity index (χ4n) is 0.575. The number of benzene rings is 1. The van der Waals surface area contributed by atoms with Gasteiger partial charge in [0.25, 0.3) is 0 Å². The number of para-hydroxylation sites is 1. The van der Waals surface area contributed by atoms with Crippen molar-refractivity contribution in [2.45, 2.75) is 0 Å². The molecule has 1 aromatic carbocycles. The van der Waals surface area contributed by atoms with E-state index in [2.05, 4.69) is 5.32 Å². The Balaban J connectivity index is 0.000000810. The Labute approximate surface area is 71.8 Å². The molecule has 46 valence electrons. The second kappa shape index (κ2) is 5.10. The van der Waals surface area contributed by atoms with Gasteiger partial charge in [-0.05, 0) is 0 Å². The second-order valence-corrected chi connectivity index (χ2v) is 1.57. The molecule has 0 saturated heterocycles. The van der Waals surface area contributed by atoms with E-state index in [0.717, 1.165) is 0 Å². The number of rotatable bonds is 2. The maximum absolute atomic E-state index is 9.81. The van der Waals surface area contributed by atoms with E-state index in [1.165, 1.54) is 0 Å². The zero-order valence-corrected chi connectivity index (χ0v) is 5.82. The van der Waals surface area contributed by atoms with Crippen molar-refractivity contribution >= 4 is 12.1 Å². The molecular formula is C7H6LiNO. The van der Waals surface area contributed by atoms with Gasteiger partial charge in [-0.15, -0.1) is 5.69 Å². The van der Waals surface area contributed by atoms with Crippen LogP contribution in [0.3, 0.4) is 0 Å². The van der Waals surface area contributed by atoms with E-state index in [0.29, 0.717) is 12.1 Å². The van der Waals surface area contributed by atoms with Crippen LogP contribution in [0.4, 0.5) is 5.69 Å². The Hall–Kier alpha value is -0.713. The maximum Gasteiger partial charge on any atom is 1.00 e. The molecule has 0 bridgehead atoms. The first-order chi connectivity index (χ1) is 4.43. The number of amides is 1. The Kier molecular flexibility index (Phi) is 4.74. The van der Waals surface area contributed by atoms with Gasteiger partial charge in [0.15, 0.2) is 0 Å². The molecule has 0 fully saturated rings. The number of carbonyl (C=O) groups excluding carboxylic acids is 1. The molecule has 1 amide bonds. The van der Waals surface area contributed by atoms with Crippen LogP contribution in [0.5, 0.6) is 0 Å². The van der Waals surface area contributed by atoms with Gasteiger partial charge < -0.3 is 10.1 Å². The van der Waals surface area contributed by atoms with Crippen LogP contribution >= 0.6 is 0 Å².